The van der Waals surface area contributed by atoms with Gasteiger partial charge in [0.05, 0.1) is 34.3 Å². The highest BCUT2D eigenvalue weighted by Gasteiger charge is 1.98. The first-order valence-electron chi connectivity index (χ1n) is 4.87. The van der Waals surface area contributed by atoms with Gasteiger partial charge in [0.15, 0.2) is 0 Å². The Labute approximate surface area is 87.9 Å². The minimum absolute atomic E-state index is 0.312. The highest BCUT2D eigenvalue weighted by Crippen LogP contribution is 1.89. The van der Waals surface area contributed by atoms with Crippen LogP contribution >= 0.6 is 0 Å². The van der Waals surface area contributed by atoms with Gasteiger partial charge < -0.3 is 9.22 Å². The number of rotatable bonds is 3. The van der Waals surface area contributed by atoms with E-state index in [0.29, 0.717) is 12.2 Å². The molecule has 0 unspecified atom stereocenters. The molecule has 0 aliphatic carbocycles. The summed E-state index contributed by atoms with van der Waals surface area (Å²) in [4.78, 5) is 10.4. The molecule has 3 nitrogen and oxygen atoms in total. The van der Waals surface area contributed by atoms with Gasteiger partial charge in [-0.2, -0.15) is 0 Å². The van der Waals surface area contributed by atoms with Crippen LogP contribution in [-0.4, -0.2) is 44.7 Å². The van der Waals surface area contributed by atoms with Crippen molar-refractivity contribution in [3.63, 3.8) is 0 Å². The number of nitrogens with zero attached hydrogens (tertiary/aromatic N) is 1. The molecule has 0 heterocycles. The van der Waals surface area contributed by atoms with Gasteiger partial charge in [0.2, 0.25) is 0 Å². The maximum Gasteiger partial charge on any atom is 0.333 e. The lowest BCUT2D eigenvalue weighted by atomic mass is 10.4. The molecule has 0 rings (SSSR count). The SMILES string of the molecule is C=C(C)C(=O)OCC.CC[N+](C)(C)C. The lowest BCUT2D eigenvalue weighted by molar-refractivity contribution is -0.868. The lowest BCUT2D eigenvalue weighted by Gasteiger charge is -2.20. The summed E-state index contributed by atoms with van der Waals surface area (Å²) < 4.78 is 5.63. The van der Waals surface area contributed by atoms with E-state index < -0.39 is 0 Å². The van der Waals surface area contributed by atoms with Crippen molar-refractivity contribution in [1.29, 1.82) is 0 Å². The van der Waals surface area contributed by atoms with Crippen LogP contribution in [0.4, 0.5) is 0 Å². The number of quaternary nitrogens is 1. The Kier molecular flexibility index (Phi) is 8.44. The molecule has 0 aromatic carbocycles. The molecular weight excluding hydrogens is 178 g/mol. The van der Waals surface area contributed by atoms with Crippen molar-refractivity contribution in [1.82, 2.24) is 0 Å². The normalized spacial score (nSPS) is 9.86. The van der Waals surface area contributed by atoms with Gasteiger partial charge in [-0.05, 0) is 20.8 Å². The average molecular weight is 202 g/mol. The first-order chi connectivity index (χ1) is 6.24. The first-order valence-corrected chi connectivity index (χ1v) is 4.87. The summed E-state index contributed by atoms with van der Waals surface area (Å²) in [6.07, 6.45) is 0. The Morgan fingerprint density at radius 2 is 1.64 bits per heavy atom. The molecule has 0 spiro atoms. The van der Waals surface area contributed by atoms with Crippen molar-refractivity contribution in [2.75, 3.05) is 34.3 Å². The van der Waals surface area contributed by atoms with Crippen LogP contribution in [0.25, 0.3) is 0 Å². The minimum atomic E-state index is -0.312. The minimum Gasteiger partial charge on any atom is -0.463 e. The summed E-state index contributed by atoms with van der Waals surface area (Å²) in [6, 6.07) is 0. The smallest absolute Gasteiger partial charge is 0.333 e. The molecule has 0 fully saturated rings. The molecular formula is C11H24NO2+. The molecule has 3 heteroatoms. The second-order valence-corrected chi connectivity index (χ2v) is 4.11. The topological polar surface area (TPSA) is 26.3 Å². The van der Waals surface area contributed by atoms with Gasteiger partial charge in [-0.3, -0.25) is 0 Å². The third-order valence-corrected chi connectivity index (χ3v) is 1.57. The van der Waals surface area contributed by atoms with Crippen LogP contribution in [0.3, 0.4) is 0 Å². The van der Waals surface area contributed by atoms with Gasteiger partial charge in [-0.1, -0.05) is 6.58 Å². The largest absolute Gasteiger partial charge is 0.463 e. The Morgan fingerprint density at radius 3 is 1.71 bits per heavy atom. The van der Waals surface area contributed by atoms with Crippen LogP contribution in [0.5, 0.6) is 0 Å². The number of carbonyl (C=O) groups is 1. The summed E-state index contributed by atoms with van der Waals surface area (Å²) in [7, 11) is 6.54. The molecule has 0 saturated heterocycles. The van der Waals surface area contributed by atoms with Crippen LogP contribution in [-0.2, 0) is 9.53 Å². The summed E-state index contributed by atoms with van der Waals surface area (Å²) in [5.74, 6) is -0.312. The van der Waals surface area contributed by atoms with Crippen molar-refractivity contribution in [3.8, 4) is 0 Å². The highest BCUT2D eigenvalue weighted by molar-refractivity contribution is 5.86. The maximum absolute atomic E-state index is 10.4. The Morgan fingerprint density at radius 1 is 1.29 bits per heavy atom. The molecule has 0 amide bonds. The van der Waals surface area contributed by atoms with E-state index in [1.807, 2.05) is 0 Å². The molecule has 0 atom stereocenters. The zero-order valence-electron chi connectivity index (χ0n) is 10.4. The number of ether oxygens (including phenoxy) is 1. The Bertz CT molecular complexity index is 180. The predicted molar refractivity (Wildman–Crippen MR) is 60.0 cm³/mol. The van der Waals surface area contributed by atoms with E-state index in [4.69, 9.17) is 0 Å². The van der Waals surface area contributed by atoms with Crippen LogP contribution in [0, 0.1) is 0 Å². The fourth-order valence-electron chi connectivity index (χ4n) is 0.254. The van der Waals surface area contributed by atoms with Crippen LogP contribution in [0.15, 0.2) is 12.2 Å². The second kappa shape index (κ2) is 7.56. The third-order valence-electron chi connectivity index (χ3n) is 1.57. The summed E-state index contributed by atoms with van der Waals surface area (Å²) >= 11 is 0. The Hall–Kier alpha value is -0.830. The molecule has 0 radical (unpaired) electrons. The van der Waals surface area contributed by atoms with Crippen LogP contribution < -0.4 is 0 Å². The predicted octanol–water partition coefficient (Wildman–Crippen LogP) is 1.84. The molecule has 0 N–H and O–H groups in total. The van der Waals surface area contributed by atoms with Crippen molar-refractivity contribution in [3.05, 3.63) is 12.2 Å². The number of esters is 1. The fourth-order valence-corrected chi connectivity index (χ4v) is 0.254. The van der Waals surface area contributed by atoms with E-state index in [1.165, 1.54) is 6.54 Å². The van der Waals surface area contributed by atoms with Gasteiger partial charge in [-0.25, -0.2) is 4.79 Å². The van der Waals surface area contributed by atoms with E-state index in [9.17, 15) is 4.79 Å². The number of carbonyl (C=O) groups excluding carboxylic acids is 1. The van der Waals surface area contributed by atoms with Gasteiger partial charge in [-0.15, -0.1) is 0 Å². The molecule has 0 aromatic rings. The monoisotopic (exact) mass is 202 g/mol. The standard InChI is InChI=1S/C6H10O2.C5H14N/c1-4-8-6(7)5(2)3;1-5-6(2,3)4/h2,4H2,1,3H3;5H2,1-4H3/q;+1. The van der Waals surface area contributed by atoms with Gasteiger partial charge in [0.1, 0.15) is 0 Å². The molecule has 14 heavy (non-hydrogen) atoms. The zero-order valence-corrected chi connectivity index (χ0v) is 10.4. The van der Waals surface area contributed by atoms with Crippen molar-refractivity contribution >= 4 is 5.97 Å². The van der Waals surface area contributed by atoms with E-state index in [2.05, 4.69) is 39.4 Å². The van der Waals surface area contributed by atoms with Gasteiger partial charge >= 0.3 is 5.97 Å². The van der Waals surface area contributed by atoms with Crippen LogP contribution in [0.2, 0.25) is 0 Å². The van der Waals surface area contributed by atoms with E-state index >= 15 is 0 Å². The maximum atomic E-state index is 10.4. The number of hydrogen-bond acceptors (Lipinski definition) is 2. The van der Waals surface area contributed by atoms with Crippen molar-refractivity contribution in [2.45, 2.75) is 20.8 Å². The summed E-state index contributed by atoms with van der Waals surface area (Å²) in [5.41, 5.74) is 0.451. The molecule has 84 valence electrons. The Balaban J connectivity index is 0. The number of hydrogen-bond donors (Lipinski definition) is 0. The van der Waals surface area contributed by atoms with E-state index in [-0.39, 0.29) is 5.97 Å². The molecule has 0 aliphatic heterocycles. The first kappa shape index (κ1) is 15.6. The van der Waals surface area contributed by atoms with Crippen molar-refractivity contribution in [2.24, 2.45) is 0 Å². The second-order valence-electron chi connectivity index (χ2n) is 4.11. The molecule has 0 saturated carbocycles. The average Bonchev–Trinajstić information content (AvgIpc) is 2.04. The fraction of sp³-hybridized carbons (Fsp3) is 0.727. The quantitative estimate of drug-likeness (QED) is 0.396. The molecule has 0 aromatic heterocycles. The van der Waals surface area contributed by atoms with Gasteiger partial charge in [0.25, 0.3) is 0 Å². The van der Waals surface area contributed by atoms with Crippen LogP contribution in [0.1, 0.15) is 20.8 Å². The van der Waals surface area contributed by atoms with E-state index in [0.717, 1.165) is 4.48 Å². The zero-order chi connectivity index (χ0) is 11.8. The van der Waals surface area contributed by atoms with Crippen molar-refractivity contribution < 1.29 is 14.0 Å². The van der Waals surface area contributed by atoms with Gasteiger partial charge in [0, 0.05) is 5.57 Å². The van der Waals surface area contributed by atoms with E-state index in [1.54, 1.807) is 13.8 Å². The lowest BCUT2D eigenvalue weighted by Crippen LogP contribution is -2.33. The third kappa shape index (κ3) is 13.7. The summed E-state index contributed by atoms with van der Waals surface area (Å²) in [6.45, 7) is 10.6. The highest BCUT2D eigenvalue weighted by atomic mass is 16.5. The molecule has 0 bridgehead atoms. The summed E-state index contributed by atoms with van der Waals surface area (Å²) in [5, 5.41) is 0. The molecule has 0 aliphatic rings.